The molecule has 1 rings (SSSR count). The second-order valence-electron chi connectivity index (χ2n) is 5.38. The first-order chi connectivity index (χ1) is 7.83. The van der Waals surface area contributed by atoms with Gasteiger partial charge in [0.15, 0.2) is 0 Å². The van der Waals surface area contributed by atoms with Crippen LogP contribution in [-0.2, 0) is 0 Å². The Morgan fingerprint density at radius 1 is 1.41 bits per heavy atom. The highest BCUT2D eigenvalue weighted by molar-refractivity contribution is 6.76. The van der Waals surface area contributed by atoms with Crippen LogP contribution in [0.3, 0.4) is 0 Å². The number of nitrogens with zero attached hydrogens (tertiary/aromatic N) is 1. The molecule has 3 nitrogen and oxygen atoms in total. The Kier molecular flexibility index (Phi) is 4.08. The van der Waals surface area contributed by atoms with Gasteiger partial charge >= 0.3 is 0 Å². The van der Waals surface area contributed by atoms with Crippen molar-refractivity contribution in [3.63, 3.8) is 0 Å². The van der Waals surface area contributed by atoms with Gasteiger partial charge in [-0.2, -0.15) is 5.26 Å². The Morgan fingerprint density at radius 2 is 2.06 bits per heavy atom. The smallest absolute Gasteiger partial charge is 0.251 e. The molecule has 0 bridgehead atoms. The van der Waals surface area contributed by atoms with Gasteiger partial charge in [-0.05, 0) is 30.7 Å². The molecule has 1 aromatic carbocycles. The molecule has 1 N–H and O–H groups in total. The van der Waals surface area contributed by atoms with Crippen LogP contribution >= 0.6 is 0 Å². The van der Waals surface area contributed by atoms with Crippen molar-refractivity contribution in [2.75, 3.05) is 6.17 Å². The normalized spacial score (nSPS) is 10.8. The molecule has 0 unspecified atom stereocenters. The van der Waals surface area contributed by atoms with Crippen molar-refractivity contribution in [1.82, 2.24) is 5.32 Å². The molecule has 0 saturated carbocycles. The van der Waals surface area contributed by atoms with E-state index in [1.165, 1.54) is 0 Å². The quantitative estimate of drug-likeness (QED) is 0.833. The first-order valence-corrected chi connectivity index (χ1v) is 9.33. The van der Waals surface area contributed by atoms with Gasteiger partial charge in [-0.15, -0.1) is 0 Å². The van der Waals surface area contributed by atoms with Crippen LogP contribution in [-0.4, -0.2) is 20.1 Å². The largest absolute Gasteiger partial charge is 0.355 e. The Morgan fingerprint density at radius 3 is 2.53 bits per heavy atom. The lowest BCUT2D eigenvalue weighted by Crippen LogP contribution is -2.39. The minimum absolute atomic E-state index is 0.0555. The lowest BCUT2D eigenvalue weighted by atomic mass is 10.1. The van der Waals surface area contributed by atoms with Crippen LogP contribution in [0, 0.1) is 18.3 Å². The zero-order valence-electron chi connectivity index (χ0n) is 10.8. The summed E-state index contributed by atoms with van der Waals surface area (Å²) in [6.45, 7) is 8.46. The summed E-state index contributed by atoms with van der Waals surface area (Å²) in [5.41, 5.74) is 2.08. The van der Waals surface area contributed by atoms with Gasteiger partial charge in [0.25, 0.3) is 5.91 Å². The minimum Gasteiger partial charge on any atom is -0.355 e. The van der Waals surface area contributed by atoms with E-state index in [0.717, 1.165) is 11.7 Å². The number of carbonyl (C=O) groups excluding carboxylic acids is 1. The highest BCUT2D eigenvalue weighted by atomic mass is 28.3. The van der Waals surface area contributed by atoms with Crippen molar-refractivity contribution in [2.45, 2.75) is 26.6 Å². The third kappa shape index (κ3) is 4.04. The molecule has 0 radical (unpaired) electrons. The van der Waals surface area contributed by atoms with Crippen molar-refractivity contribution in [3.8, 4) is 6.07 Å². The number of benzene rings is 1. The van der Waals surface area contributed by atoms with Gasteiger partial charge in [0.1, 0.15) is 0 Å². The first-order valence-electron chi connectivity index (χ1n) is 5.62. The number of nitriles is 1. The zero-order chi connectivity index (χ0) is 13.1. The Labute approximate surface area is 103 Å². The molecule has 90 valence electrons. The summed E-state index contributed by atoms with van der Waals surface area (Å²) < 4.78 is 0. The van der Waals surface area contributed by atoms with E-state index in [1.54, 1.807) is 18.2 Å². The summed E-state index contributed by atoms with van der Waals surface area (Å²) in [7, 11) is -1.27. The van der Waals surface area contributed by atoms with Crippen molar-refractivity contribution < 1.29 is 4.79 Å². The number of hydrogen-bond acceptors (Lipinski definition) is 2. The fourth-order valence-electron chi connectivity index (χ4n) is 1.38. The molecule has 0 atom stereocenters. The van der Waals surface area contributed by atoms with Gasteiger partial charge < -0.3 is 5.32 Å². The van der Waals surface area contributed by atoms with Crippen LogP contribution in [0.1, 0.15) is 21.5 Å². The maximum Gasteiger partial charge on any atom is 0.251 e. The SMILES string of the molecule is Cc1cc(C(=O)NC[Si](C)(C)C)ccc1C#N. The van der Waals surface area contributed by atoms with Crippen LogP contribution in [0.25, 0.3) is 0 Å². The number of hydrogen-bond donors (Lipinski definition) is 1. The number of aryl methyl sites for hydroxylation is 1. The van der Waals surface area contributed by atoms with E-state index in [0.29, 0.717) is 11.1 Å². The molecule has 0 spiro atoms. The second-order valence-corrected chi connectivity index (χ2v) is 10.9. The molecule has 1 amide bonds. The monoisotopic (exact) mass is 246 g/mol. The van der Waals surface area contributed by atoms with Crippen LogP contribution in [0.15, 0.2) is 18.2 Å². The van der Waals surface area contributed by atoms with E-state index < -0.39 is 8.07 Å². The third-order valence-electron chi connectivity index (χ3n) is 2.39. The van der Waals surface area contributed by atoms with Crippen molar-refractivity contribution >= 4 is 14.0 Å². The van der Waals surface area contributed by atoms with Gasteiger partial charge in [0.05, 0.1) is 19.7 Å². The van der Waals surface area contributed by atoms with E-state index in [4.69, 9.17) is 5.26 Å². The van der Waals surface area contributed by atoms with Crippen LogP contribution in [0.4, 0.5) is 0 Å². The summed E-state index contributed by atoms with van der Waals surface area (Å²) in [6.07, 6.45) is 0.769. The van der Waals surface area contributed by atoms with E-state index in [-0.39, 0.29) is 5.91 Å². The lowest BCUT2D eigenvalue weighted by molar-refractivity contribution is 0.0959. The summed E-state index contributed by atoms with van der Waals surface area (Å²) in [5, 5.41) is 11.8. The van der Waals surface area contributed by atoms with Crippen molar-refractivity contribution in [1.29, 1.82) is 5.26 Å². The number of nitrogens with one attached hydrogen (secondary N) is 1. The van der Waals surface area contributed by atoms with E-state index in [2.05, 4.69) is 31.0 Å². The standard InChI is InChI=1S/C13H18N2OSi/c1-10-7-11(5-6-12(10)8-14)13(16)15-9-17(2,3)4/h5-7H,9H2,1-4H3,(H,15,16). The first kappa shape index (κ1) is 13.5. The highest BCUT2D eigenvalue weighted by Crippen LogP contribution is 2.10. The molecular weight excluding hydrogens is 228 g/mol. The van der Waals surface area contributed by atoms with E-state index in [9.17, 15) is 4.79 Å². The third-order valence-corrected chi connectivity index (χ3v) is 3.63. The maximum absolute atomic E-state index is 11.9. The van der Waals surface area contributed by atoms with E-state index in [1.807, 2.05) is 6.92 Å². The van der Waals surface area contributed by atoms with Crippen LogP contribution < -0.4 is 5.32 Å². The molecule has 0 heterocycles. The fourth-order valence-corrected chi connectivity index (χ4v) is 2.07. The van der Waals surface area contributed by atoms with Gasteiger partial charge in [-0.1, -0.05) is 19.6 Å². The average Bonchev–Trinajstić information content (AvgIpc) is 2.24. The zero-order valence-corrected chi connectivity index (χ0v) is 11.8. The average molecular weight is 246 g/mol. The topological polar surface area (TPSA) is 52.9 Å². The Hall–Kier alpha value is -1.60. The summed E-state index contributed by atoms with van der Waals surface area (Å²) in [4.78, 5) is 11.9. The molecule has 4 heteroatoms. The van der Waals surface area contributed by atoms with Crippen LogP contribution in [0.5, 0.6) is 0 Å². The predicted molar refractivity (Wildman–Crippen MR) is 71.6 cm³/mol. The number of carbonyl (C=O) groups is 1. The number of amides is 1. The van der Waals surface area contributed by atoms with Gasteiger partial charge in [0, 0.05) is 11.7 Å². The predicted octanol–water partition coefficient (Wildman–Crippen LogP) is 2.47. The molecule has 0 aliphatic carbocycles. The summed E-state index contributed by atoms with van der Waals surface area (Å²) >= 11 is 0. The van der Waals surface area contributed by atoms with Crippen molar-refractivity contribution in [2.24, 2.45) is 0 Å². The molecular formula is C13H18N2OSi. The molecule has 17 heavy (non-hydrogen) atoms. The Balaban J connectivity index is 2.78. The second kappa shape index (κ2) is 5.15. The molecule has 0 aromatic heterocycles. The van der Waals surface area contributed by atoms with Crippen molar-refractivity contribution in [3.05, 3.63) is 34.9 Å². The van der Waals surface area contributed by atoms with Gasteiger partial charge in [-0.25, -0.2) is 0 Å². The van der Waals surface area contributed by atoms with E-state index >= 15 is 0 Å². The molecule has 0 aliphatic heterocycles. The number of rotatable bonds is 3. The summed E-state index contributed by atoms with van der Waals surface area (Å²) in [5.74, 6) is -0.0555. The fraction of sp³-hybridized carbons (Fsp3) is 0.385. The molecule has 0 saturated heterocycles. The Bertz CT molecular complexity index is 469. The maximum atomic E-state index is 11.9. The van der Waals surface area contributed by atoms with Gasteiger partial charge in [0.2, 0.25) is 0 Å². The van der Waals surface area contributed by atoms with Crippen LogP contribution in [0.2, 0.25) is 19.6 Å². The lowest BCUT2D eigenvalue weighted by Gasteiger charge is -2.16. The highest BCUT2D eigenvalue weighted by Gasteiger charge is 2.15. The molecule has 0 aliphatic rings. The molecule has 0 fully saturated rings. The minimum atomic E-state index is -1.27. The van der Waals surface area contributed by atoms with Gasteiger partial charge in [-0.3, -0.25) is 4.79 Å². The summed E-state index contributed by atoms with van der Waals surface area (Å²) in [6, 6.07) is 7.25. The molecule has 1 aromatic rings.